The summed E-state index contributed by atoms with van der Waals surface area (Å²) in [6.45, 7) is 20.5. The van der Waals surface area contributed by atoms with Gasteiger partial charge in [0.2, 0.25) is 0 Å². The van der Waals surface area contributed by atoms with Crippen LogP contribution < -0.4 is 4.90 Å². The zero-order valence-corrected chi connectivity index (χ0v) is 24.6. The van der Waals surface area contributed by atoms with Crippen LogP contribution in [0.25, 0.3) is 0 Å². The van der Waals surface area contributed by atoms with E-state index in [4.69, 9.17) is 4.98 Å². The third-order valence-electron chi connectivity index (χ3n) is 7.89. The second-order valence-corrected chi connectivity index (χ2v) is 10.4. The molecule has 2 fully saturated rings. The van der Waals surface area contributed by atoms with Crippen molar-refractivity contribution < 1.29 is 0 Å². The maximum Gasteiger partial charge on any atom is 0.0458 e. The van der Waals surface area contributed by atoms with Gasteiger partial charge in [-0.15, -0.1) is 0 Å². The van der Waals surface area contributed by atoms with Crippen LogP contribution in [0.4, 0.5) is 5.69 Å². The van der Waals surface area contributed by atoms with Crippen LogP contribution in [0.1, 0.15) is 122 Å². The molecule has 0 N–H and O–H groups in total. The first kappa shape index (κ1) is 30.9. The molecule has 1 aromatic rings. The lowest BCUT2D eigenvalue weighted by molar-refractivity contribution is 0.330. The van der Waals surface area contributed by atoms with E-state index in [9.17, 15) is 0 Å². The summed E-state index contributed by atoms with van der Waals surface area (Å²) >= 11 is 0. The van der Waals surface area contributed by atoms with Crippen molar-refractivity contribution in [3.63, 3.8) is 0 Å². The molecule has 3 heteroatoms. The zero-order valence-electron chi connectivity index (χ0n) is 24.6. The largest absolute Gasteiger partial charge is 0.368 e. The summed E-state index contributed by atoms with van der Waals surface area (Å²) in [6, 6.07) is 4.89. The average molecular weight is 506 g/mol. The van der Waals surface area contributed by atoms with Gasteiger partial charge in [0, 0.05) is 60.8 Å². The van der Waals surface area contributed by atoms with Gasteiger partial charge < -0.3 is 9.80 Å². The number of pyridine rings is 1. The molecule has 3 nitrogen and oxygen atoms in total. The number of unbranched alkanes of at least 4 members (excludes halogenated alkanes) is 1. The molecule has 2 heterocycles. The second kappa shape index (κ2) is 18.0. The molecule has 2 aliphatic rings. The van der Waals surface area contributed by atoms with E-state index >= 15 is 0 Å². The number of allylic oxidation sites excluding steroid dienone is 5. The highest BCUT2D eigenvalue weighted by Crippen LogP contribution is 2.35. The second-order valence-electron chi connectivity index (χ2n) is 10.4. The van der Waals surface area contributed by atoms with E-state index in [1.165, 1.54) is 93.4 Å². The van der Waals surface area contributed by atoms with Crippen molar-refractivity contribution in [1.82, 2.24) is 9.88 Å². The summed E-state index contributed by atoms with van der Waals surface area (Å²) in [4.78, 5) is 10.4. The minimum absolute atomic E-state index is 0.578. The van der Waals surface area contributed by atoms with Crippen LogP contribution in [0.3, 0.4) is 0 Å². The first-order valence-corrected chi connectivity index (χ1v) is 15.3. The minimum Gasteiger partial charge on any atom is -0.368 e. The van der Waals surface area contributed by atoms with Crippen LogP contribution in [-0.4, -0.2) is 36.1 Å². The first-order valence-electron chi connectivity index (χ1n) is 15.3. The lowest BCUT2D eigenvalue weighted by Crippen LogP contribution is -2.45. The summed E-state index contributed by atoms with van der Waals surface area (Å²) in [5, 5.41) is 0. The lowest BCUT2D eigenvalue weighted by Gasteiger charge is -2.38. The summed E-state index contributed by atoms with van der Waals surface area (Å²) in [7, 11) is 0. The van der Waals surface area contributed by atoms with Crippen LogP contribution in [0, 0.1) is 0 Å². The molecule has 1 atom stereocenters. The number of anilines is 1. The quantitative estimate of drug-likeness (QED) is 0.279. The highest BCUT2D eigenvalue weighted by atomic mass is 15.3. The van der Waals surface area contributed by atoms with Crippen LogP contribution >= 0.6 is 0 Å². The van der Waals surface area contributed by atoms with Crippen molar-refractivity contribution in [2.24, 2.45) is 0 Å². The lowest BCUT2D eigenvalue weighted by atomic mass is 9.87. The smallest absolute Gasteiger partial charge is 0.0458 e. The molecular weight excluding hydrogens is 450 g/mol. The molecule has 1 aliphatic carbocycles. The van der Waals surface area contributed by atoms with Crippen LogP contribution in [0.15, 0.2) is 61.4 Å². The number of hydrogen-bond acceptors (Lipinski definition) is 3. The highest BCUT2D eigenvalue weighted by molar-refractivity contribution is 5.50. The molecule has 0 radical (unpaired) electrons. The average Bonchev–Trinajstić information content (AvgIpc) is 2.92. The fraction of sp³-hybridized carbons (Fsp3) is 0.618. The Bertz CT molecular complexity index is 837. The predicted octanol–water partition coefficient (Wildman–Crippen LogP) is 9.55. The van der Waals surface area contributed by atoms with E-state index in [1.807, 2.05) is 32.1 Å². The SMILES string of the molecule is C=C/C=C\C(=C/C=C)N1CCN(c2cc(C(CC)CCCC)nc(C3CCCCCCC3)c2)CC1.CC. The van der Waals surface area contributed by atoms with E-state index in [0.29, 0.717) is 11.8 Å². The highest BCUT2D eigenvalue weighted by Gasteiger charge is 2.23. The van der Waals surface area contributed by atoms with Crippen molar-refractivity contribution in [2.45, 2.75) is 110 Å². The van der Waals surface area contributed by atoms with Gasteiger partial charge in [0.15, 0.2) is 0 Å². The Hall–Kier alpha value is -2.29. The number of nitrogens with zero attached hydrogens (tertiary/aromatic N) is 3. The Labute approximate surface area is 229 Å². The summed E-state index contributed by atoms with van der Waals surface area (Å²) in [6.07, 6.45) is 24.5. The molecule has 0 amide bonds. The molecule has 1 saturated heterocycles. The van der Waals surface area contributed by atoms with Gasteiger partial charge >= 0.3 is 0 Å². The van der Waals surface area contributed by atoms with Gasteiger partial charge in [-0.25, -0.2) is 0 Å². The Morgan fingerprint density at radius 1 is 0.973 bits per heavy atom. The number of hydrogen-bond donors (Lipinski definition) is 0. The van der Waals surface area contributed by atoms with E-state index in [1.54, 1.807) is 0 Å². The van der Waals surface area contributed by atoms with E-state index in [-0.39, 0.29) is 0 Å². The standard InChI is InChI=1S/C32H49N3.C2H6/c1-5-9-17-27(8-4)31-25-30(26-32(33-31)28-18-14-12-11-13-15-19-28)35-23-21-34(22-24-35)29(16-7-3)20-10-6-2;1-2/h6-7,10,16,20,25-28H,2-3,5,8-9,11-15,17-19,21-24H2,1,4H3;1-2H3/b20-10-,29-16+;. The van der Waals surface area contributed by atoms with Crippen LogP contribution in [0.2, 0.25) is 0 Å². The number of rotatable bonds is 11. The Morgan fingerprint density at radius 2 is 1.65 bits per heavy atom. The molecular formula is C34H55N3. The Morgan fingerprint density at radius 3 is 2.24 bits per heavy atom. The molecule has 37 heavy (non-hydrogen) atoms. The van der Waals surface area contributed by atoms with Crippen molar-refractivity contribution in [2.75, 3.05) is 31.1 Å². The molecule has 1 unspecified atom stereocenters. The molecule has 3 rings (SSSR count). The van der Waals surface area contributed by atoms with Gasteiger partial charge in [-0.2, -0.15) is 0 Å². The summed E-state index contributed by atoms with van der Waals surface area (Å²) < 4.78 is 0. The molecule has 0 spiro atoms. The third kappa shape index (κ3) is 9.83. The Balaban J connectivity index is 0.00000235. The topological polar surface area (TPSA) is 19.4 Å². The normalized spacial score (nSPS) is 18.5. The van der Waals surface area contributed by atoms with Gasteiger partial charge in [0.25, 0.3) is 0 Å². The van der Waals surface area contributed by atoms with Gasteiger partial charge in [0.05, 0.1) is 0 Å². The van der Waals surface area contributed by atoms with Crippen molar-refractivity contribution in [1.29, 1.82) is 0 Å². The maximum atomic E-state index is 5.37. The minimum atomic E-state index is 0.578. The van der Waals surface area contributed by atoms with Crippen LogP contribution in [-0.2, 0) is 0 Å². The maximum absolute atomic E-state index is 5.37. The molecule has 1 saturated carbocycles. The molecule has 0 bridgehead atoms. The fourth-order valence-electron chi connectivity index (χ4n) is 5.70. The molecule has 1 aromatic heterocycles. The van der Waals surface area contributed by atoms with Crippen molar-refractivity contribution in [3.8, 4) is 0 Å². The van der Waals surface area contributed by atoms with Gasteiger partial charge in [-0.3, -0.25) is 4.98 Å². The molecule has 1 aliphatic heterocycles. The van der Waals surface area contributed by atoms with Gasteiger partial charge in [-0.1, -0.05) is 104 Å². The van der Waals surface area contributed by atoms with Gasteiger partial charge in [0.1, 0.15) is 0 Å². The van der Waals surface area contributed by atoms with Crippen molar-refractivity contribution >= 4 is 5.69 Å². The first-order chi connectivity index (χ1) is 18.2. The summed E-state index contributed by atoms with van der Waals surface area (Å²) in [5.41, 5.74) is 5.34. The number of aromatic nitrogens is 1. The molecule has 206 valence electrons. The fourth-order valence-corrected chi connectivity index (χ4v) is 5.70. The van der Waals surface area contributed by atoms with E-state index in [0.717, 1.165) is 26.2 Å². The monoisotopic (exact) mass is 505 g/mol. The zero-order chi connectivity index (χ0) is 26.9. The van der Waals surface area contributed by atoms with E-state index < -0.39 is 0 Å². The van der Waals surface area contributed by atoms with Crippen molar-refractivity contribution in [3.05, 3.63) is 72.8 Å². The number of piperazine rings is 1. The van der Waals surface area contributed by atoms with E-state index in [2.05, 4.69) is 61.1 Å². The third-order valence-corrected chi connectivity index (χ3v) is 7.89. The Kier molecular flexibility index (Phi) is 15.1. The predicted molar refractivity (Wildman–Crippen MR) is 165 cm³/mol. The van der Waals surface area contributed by atoms with Gasteiger partial charge in [-0.05, 0) is 50.0 Å². The summed E-state index contributed by atoms with van der Waals surface area (Å²) in [5.74, 6) is 1.21. The molecule has 0 aromatic carbocycles. The van der Waals surface area contributed by atoms with Crippen LogP contribution in [0.5, 0.6) is 0 Å².